The predicted molar refractivity (Wildman–Crippen MR) is 85.2 cm³/mol. The number of carbonyl (C=O) groups is 1. The highest BCUT2D eigenvalue weighted by atomic mass is 32.2. The van der Waals surface area contributed by atoms with Crippen molar-refractivity contribution < 1.29 is 9.53 Å². The molecule has 0 unspecified atom stereocenters. The Bertz CT molecular complexity index is 387. The summed E-state index contributed by atoms with van der Waals surface area (Å²) in [5, 5.41) is 0. The lowest BCUT2D eigenvalue weighted by molar-refractivity contribution is -0.131. The van der Waals surface area contributed by atoms with Crippen LogP contribution in [-0.4, -0.2) is 49.1 Å². The molecule has 0 fully saturated rings. The van der Waals surface area contributed by atoms with Crippen LogP contribution in [0.3, 0.4) is 0 Å². The fraction of sp³-hybridized carbons (Fsp3) is 0.533. The number of nitrogens with two attached hydrogens (primary N) is 1. The monoisotopic (exact) mass is 296 g/mol. The smallest absolute Gasteiger partial charge is 0.239 e. The van der Waals surface area contributed by atoms with Gasteiger partial charge in [0.1, 0.15) is 5.75 Å². The molecule has 5 heteroatoms. The van der Waals surface area contributed by atoms with Crippen molar-refractivity contribution in [2.75, 3.05) is 32.2 Å². The van der Waals surface area contributed by atoms with Crippen molar-refractivity contribution in [2.45, 2.75) is 18.9 Å². The summed E-state index contributed by atoms with van der Waals surface area (Å²) < 4.78 is 5.59. The number of nitrogens with zero attached hydrogens (tertiary/aromatic N) is 1. The van der Waals surface area contributed by atoms with Crippen molar-refractivity contribution in [1.82, 2.24) is 4.90 Å². The second-order valence-corrected chi connectivity index (χ2v) is 5.65. The highest BCUT2D eigenvalue weighted by molar-refractivity contribution is 7.98. The van der Waals surface area contributed by atoms with E-state index in [0.29, 0.717) is 13.2 Å². The van der Waals surface area contributed by atoms with Gasteiger partial charge in [-0.25, -0.2) is 0 Å². The summed E-state index contributed by atoms with van der Waals surface area (Å²) in [6, 6.07) is 9.30. The Kier molecular flexibility index (Phi) is 8.14. The van der Waals surface area contributed by atoms with Crippen LogP contribution in [0.15, 0.2) is 30.3 Å². The average molecular weight is 296 g/mol. The second-order valence-electron chi connectivity index (χ2n) is 4.66. The molecule has 0 heterocycles. The van der Waals surface area contributed by atoms with Crippen LogP contribution in [-0.2, 0) is 4.79 Å². The van der Waals surface area contributed by atoms with E-state index in [9.17, 15) is 4.79 Å². The number of amides is 1. The van der Waals surface area contributed by atoms with Crippen molar-refractivity contribution in [3.8, 4) is 5.75 Å². The van der Waals surface area contributed by atoms with Crippen LogP contribution < -0.4 is 10.5 Å². The molecular weight excluding hydrogens is 272 g/mol. The molecule has 0 aliphatic heterocycles. The standard InChI is InChI=1S/C15H24N2O2S/c1-17(15(18)14(16)9-12-20-2)10-6-11-19-13-7-4-3-5-8-13/h3-5,7-8,14H,6,9-12,16H2,1-2H3/t14-/m0/s1. The Hall–Kier alpha value is -1.20. The third kappa shape index (κ3) is 6.30. The first-order valence-corrected chi connectivity index (χ1v) is 8.22. The maximum atomic E-state index is 12.0. The number of benzene rings is 1. The third-order valence-corrected chi connectivity index (χ3v) is 3.62. The Morgan fingerprint density at radius 2 is 2.10 bits per heavy atom. The van der Waals surface area contributed by atoms with Crippen molar-refractivity contribution in [3.05, 3.63) is 30.3 Å². The van der Waals surface area contributed by atoms with Crippen molar-refractivity contribution >= 4 is 17.7 Å². The molecule has 2 N–H and O–H groups in total. The van der Waals surface area contributed by atoms with E-state index in [1.165, 1.54) is 0 Å². The van der Waals surface area contributed by atoms with Crippen molar-refractivity contribution in [2.24, 2.45) is 5.73 Å². The molecule has 1 amide bonds. The third-order valence-electron chi connectivity index (χ3n) is 2.98. The van der Waals surface area contributed by atoms with E-state index < -0.39 is 0 Å². The van der Waals surface area contributed by atoms with Crippen molar-refractivity contribution in [3.63, 3.8) is 0 Å². The molecule has 4 nitrogen and oxygen atoms in total. The lowest BCUT2D eigenvalue weighted by Crippen LogP contribution is -2.42. The van der Waals surface area contributed by atoms with Crippen LogP contribution in [0.25, 0.3) is 0 Å². The van der Waals surface area contributed by atoms with E-state index >= 15 is 0 Å². The molecular formula is C15H24N2O2S. The second kappa shape index (κ2) is 9.66. The van der Waals surface area contributed by atoms with Gasteiger partial charge in [-0.1, -0.05) is 18.2 Å². The molecule has 1 aromatic rings. The fourth-order valence-electron chi connectivity index (χ4n) is 1.77. The number of hydrogen-bond acceptors (Lipinski definition) is 4. The Labute approximate surface area is 125 Å². The van der Waals surface area contributed by atoms with Gasteiger partial charge in [0, 0.05) is 13.6 Å². The topological polar surface area (TPSA) is 55.6 Å². The minimum absolute atomic E-state index is 0.0127. The highest BCUT2D eigenvalue weighted by Crippen LogP contribution is 2.08. The zero-order valence-electron chi connectivity index (χ0n) is 12.2. The SMILES string of the molecule is CSCC[C@H](N)C(=O)N(C)CCCOc1ccccc1. The maximum Gasteiger partial charge on any atom is 0.239 e. The first-order valence-electron chi connectivity index (χ1n) is 6.82. The lowest BCUT2D eigenvalue weighted by atomic mass is 10.2. The van der Waals surface area contributed by atoms with Crippen LogP contribution in [0.2, 0.25) is 0 Å². The van der Waals surface area contributed by atoms with Gasteiger partial charge in [-0.05, 0) is 37.0 Å². The van der Waals surface area contributed by atoms with Gasteiger partial charge in [0.2, 0.25) is 5.91 Å². The van der Waals surface area contributed by atoms with Gasteiger partial charge in [-0.2, -0.15) is 11.8 Å². The van der Waals surface area contributed by atoms with Crippen LogP contribution in [0.4, 0.5) is 0 Å². The molecule has 0 aromatic heterocycles. The molecule has 0 aliphatic rings. The van der Waals surface area contributed by atoms with Crippen LogP contribution in [0, 0.1) is 0 Å². The maximum absolute atomic E-state index is 12.0. The number of thioether (sulfide) groups is 1. The first-order chi connectivity index (χ1) is 9.65. The summed E-state index contributed by atoms with van der Waals surface area (Å²) in [6.45, 7) is 1.26. The van der Waals surface area contributed by atoms with Crippen LogP contribution in [0.5, 0.6) is 5.75 Å². The predicted octanol–water partition coefficient (Wildman–Crippen LogP) is 1.99. The molecule has 0 spiro atoms. The minimum atomic E-state index is -0.387. The average Bonchev–Trinajstić information content (AvgIpc) is 2.49. The number of rotatable bonds is 9. The first kappa shape index (κ1) is 16.9. The van der Waals surface area contributed by atoms with E-state index in [4.69, 9.17) is 10.5 Å². The molecule has 112 valence electrons. The minimum Gasteiger partial charge on any atom is -0.494 e. The van der Waals surface area contributed by atoms with E-state index in [0.717, 1.165) is 24.3 Å². The number of ether oxygens (including phenoxy) is 1. The number of hydrogen-bond donors (Lipinski definition) is 1. The Morgan fingerprint density at radius 1 is 1.40 bits per heavy atom. The summed E-state index contributed by atoms with van der Waals surface area (Å²) >= 11 is 1.71. The van der Waals surface area contributed by atoms with Gasteiger partial charge in [-0.15, -0.1) is 0 Å². The molecule has 1 aromatic carbocycles. The van der Waals surface area contributed by atoms with Crippen molar-refractivity contribution in [1.29, 1.82) is 0 Å². The Balaban J connectivity index is 2.19. The Morgan fingerprint density at radius 3 is 2.75 bits per heavy atom. The molecule has 0 radical (unpaired) electrons. The van der Waals surface area contributed by atoms with Crippen LogP contribution in [0.1, 0.15) is 12.8 Å². The van der Waals surface area contributed by atoms with Gasteiger partial charge < -0.3 is 15.4 Å². The zero-order chi connectivity index (χ0) is 14.8. The number of para-hydroxylation sites is 1. The zero-order valence-corrected chi connectivity index (χ0v) is 13.1. The molecule has 1 atom stereocenters. The summed E-state index contributed by atoms with van der Waals surface area (Å²) in [6.07, 6.45) is 3.54. The fourth-order valence-corrected chi connectivity index (χ4v) is 2.26. The van der Waals surface area contributed by atoms with E-state index in [1.54, 1.807) is 23.7 Å². The quantitative estimate of drug-likeness (QED) is 0.708. The van der Waals surface area contributed by atoms with Gasteiger partial charge >= 0.3 is 0 Å². The molecule has 1 rings (SSSR count). The van der Waals surface area contributed by atoms with E-state index in [-0.39, 0.29) is 11.9 Å². The number of likely N-dealkylation sites (N-methyl/N-ethyl adjacent to an activating group) is 1. The highest BCUT2D eigenvalue weighted by Gasteiger charge is 2.16. The largest absolute Gasteiger partial charge is 0.494 e. The summed E-state index contributed by atoms with van der Waals surface area (Å²) in [5.74, 6) is 1.79. The summed E-state index contributed by atoms with van der Waals surface area (Å²) in [5.41, 5.74) is 5.86. The van der Waals surface area contributed by atoms with Gasteiger partial charge in [-0.3, -0.25) is 4.79 Å². The number of carbonyl (C=O) groups excluding carboxylic acids is 1. The van der Waals surface area contributed by atoms with Crippen LogP contribution >= 0.6 is 11.8 Å². The summed E-state index contributed by atoms with van der Waals surface area (Å²) in [7, 11) is 1.80. The molecule has 0 aliphatic carbocycles. The van der Waals surface area contributed by atoms with E-state index in [2.05, 4.69) is 0 Å². The molecule has 0 bridgehead atoms. The van der Waals surface area contributed by atoms with E-state index in [1.807, 2.05) is 36.6 Å². The van der Waals surface area contributed by atoms with Gasteiger partial charge in [0.15, 0.2) is 0 Å². The lowest BCUT2D eigenvalue weighted by Gasteiger charge is -2.21. The summed E-state index contributed by atoms with van der Waals surface area (Å²) in [4.78, 5) is 13.7. The van der Waals surface area contributed by atoms with Gasteiger partial charge in [0.25, 0.3) is 0 Å². The van der Waals surface area contributed by atoms with Gasteiger partial charge in [0.05, 0.1) is 12.6 Å². The molecule has 0 saturated heterocycles. The molecule has 0 saturated carbocycles. The molecule has 20 heavy (non-hydrogen) atoms. The normalized spacial score (nSPS) is 11.9.